The van der Waals surface area contributed by atoms with Crippen LogP contribution in [-0.4, -0.2) is 24.0 Å². The monoisotopic (exact) mass is 163 g/mol. The third kappa shape index (κ3) is 8.04. The Morgan fingerprint density at radius 2 is 1.78 bits per heavy atom. The number of rotatable bonds is 1. The molecular weight excluding hydrogens is 154 g/mol. The van der Waals surface area contributed by atoms with E-state index in [-0.39, 0.29) is 0 Å². The van der Waals surface area contributed by atoms with Gasteiger partial charge in [0.15, 0.2) is 6.29 Å². The molecule has 0 radical (unpaired) electrons. The Morgan fingerprint density at radius 1 is 1.33 bits per heavy atom. The lowest BCUT2D eigenvalue weighted by atomic mass is 10.6. The van der Waals surface area contributed by atoms with E-state index < -0.39 is 0 Å². The van der Waals surface area contributed by atoms with Gasteiger partial charge in [0.1, 0.15) is 0 Å². The van der Waals surface area contributed by atoms with Gasteiger partial charge in [-0.15, -0.1) is 0 Å². The average molecular weight is 163 g/mol. The van der Waals surface area contributed by atoms with Crippen LogP contribution in [0, 0.1) is 5.41 Å². The second kappa shape index (κ2) is 8.04. The smallest absolute Gasteiger partial charge is 0.160 e. The standard InChI is InChI=1S/C3H6S2.C2H3NO/c1-2-4-5-3-1;3-1-2-4/h1-3H2;1-3H. The number of nitrogens with one attached hydrogen (secondary N) is 1. The first-order chi connectivity index (χ1) is 4.41. The number of carbonyl (C=O) groups excluding carboxylic acids is 1. The van der Waals surface area contributed by atoms with Gasteiger partial charge in [0, 0.05) is 11.5 Å². The van der Waals surface area contributed by atoms with Crippen LogP contribution in [-0.2, 0) is 4.79 Å². The molecule has 1 saturated heterocycles. The molecule has 1 heterocycles. The zero-order valence-corrected chi connectivity index (χ0v) is 6.63. The van der Waals surface area contributed by atoms with Gasteiger partial charge in [-0.25, -0.2) is 0 Å². The van der Waals surface area contributed by atoms with Crippen LogP contribution < -0.4 is 0 Å². The SMILES string of the molecule is C1CSSC1.N=CC=O. The van der Waals surface area contributed by atoms with Gasteiger partial charge in [-0.2, -0.15) is 0 Å². The largest absolute Gasteiger partial charge is 0.305 e. The van der Waals surface area contributed by atoms with Crippen LogP contribution >= 0.6 is 21.6 Å². The van der Waals surface area contributed by atoms with Gasteiger partial charge < -0.3 is 5.41 Å². The summed E-state index contributed by atoms with van der Waals surface area (Å²) < 4.78 is 0. The molecule has 0 bridgehead atoms. The van der Waals surface area contributed by atoms with E-state index in [1.807, 2.05) is 21.6 Å². The first kappa shape index (κ1) is 9.04. The first-order valence-electron chi connectivity index (χ1n) is 2.60. The van der Waals surface area contributed by atoms with E-state index in [1.165, 1.54) is 17.9 Å². The van der Waals surface area contributed by atoms with Crippen LogP contribution in [0.2, 0.25) is 0 Å². The second-order valence-corrected chi connectivity index (χ2v) is 4.00. The Bertz CT molecular complexity index is 69.4. The van der Waals surface area contributed by atoms with E-state index in [2.05, 4.69) is 0 Å². The van der Waals surface area contributed by atoms with Crippen molar-refractivity contribution in [1.29, 1.82) is 5.41 Å². The summed E-state index contributed by atoms with van der Waals surface area (Å²) in [7, 11) is 3.98. The molecule has 1 N–H and O–H groups in total. The maximum Gasteiger partial charge on any atom is 0.160 e. The molecule has 0 saturated carbocycles. The van der Waals surface area contributed by atoms with Crippen molar-refractivity contribution in [1.82, 2.24) is 0 Å². The van der Waals surface area contributed by atoms with E-state index in [0.29, 0.717) is 12.5 Å². The summed E-state index contributed by atoms with van der Waals surface area (Å²) in [6.07, 6.45) is 2.54. The van der Waals surface area contributed by atoms with Crippen LogP contribution in [0.25, 0.3) is 0 Å². The van der Waals surface area contributed by atoms with E-state index in [9.17, 15) is 0 Å². The molecule has 0 atom stereocenters. The maximum atomic E-state index is 8.93. The molecule has 2 nitrogen and oxygen atoms in total. The summed E-state index contributed by atoms with van der Waals surface area (Å²) in [4.78, 5) is 8.93. The topological polar surface area (TPSA) is 40.9 Å². The Balaban J connectivity index is 0.000000148. The summed E-state index contributed by atoms with van der Waals surface area (Å²) in [5.74, 6) is 2.76. The van der Waals surface area contributed by atoms with Crippen molar-refractivity contribution in [3.05, 3.63) is 0 Å². The Labute approximate surface area is 62.7 Å². The Kier molecular flexibility index (Phi) is 8.08. The Hall–Kier alpha value is 0.0400. The lowest BCUT2D eigenvalue weighted by Gasteiger charge is -1.69. The molecule has 0 amide bonds. The van der Waals surface area contributed by atoms with Crippen LogP contribution in [0.3, 0.4) is 0 Å². The normalized spacial score (nSPS) is 15.6. The predicted octanol–water partition coefficient (Wildman–Crippen LogP) is 1.61. The molecule has 9 heavy (non-hydrogen) atoms. The number of carbonyl (C=O) groups is 1. The molecule has 0 aromatic rings. The minimum absolute atomic E-state index is 0.417. The molecule has 0 aromatic heterocycles. The van der Waals surface area contributed by atoms with Gasteiger partial charge in [-0.3, -0.25) is 4.79 Å². The molecular formula is C5H9NOS2. The van der Waals surface area contributed by atoms with Gasteiger partial charge >= 0.3 is 0 Å². The fourth-order valence-electron chi connectivity index (χ4n) is 0.295. The van der Waals surface area contributed by atoms with Crippen molar-refractivity contribution in [2.24, 2.45) is 0 Å². The number of hydrogen-bond donors (Lipinski definition) is 1. The van der Waals surface area contributed by atoms with E-state index in [4.69, 9.17) is 10.2 Å². The van der Waals surface area contributed by atoms with Crippen molar-refractivity contribution in [3.8, 4) is 0 Å². The van der Waals surface area contributed by atoms with Crippen LogP contribution in [0.5, 0.6) is 0 Å². The van der Waals surface area contributed by atoms with E-state index in [1.54, 1.807) is 0 Å². The van der Waals surface area contributed by atoms with Crippen molar-refractivity contribution < 1.29 is 4.79 Å². The minimum Gasteiger partial charge on any atom is -0.305 e. The van der Waals surface area contributed by atoms with Gasteiger partial charge in [0.25, 0.3) is 0 Å². The van der Waals surface area contributed by atoms with Gasteiger partial charge in [0.2, 0.25) is 0 Å². The summed E-state index contributed by atoms with van der Waals surface area (Å²) in [6.45, 7) is 0. The molecule has 1 fully saturated rings. The summed E-state index contributed by atoms with van der Waals surface area (Å²) >= 11 is 0. The number of hydrogen-bond acceptors (Lipinski definition) is 4. The highest BCUT2D eigenvalue weighted by atomic mass is 33.1. The average Bonchev–Trinajstić information content (AvgIpc) is 2.43. The van der Waals surface area contributed by atoms with Crippen LogP contribution in [0.4, 0.5) is 0 Å². The fraction of sp³-hybridized carbons (Fsp3) is 0.600. The van der Waals surface area contributed by atoms with Gasteiger partial charge in [0.05, 0.1) is 6.21 Å². The van der Waals surface area contributed by atoms with Gasteiger partial charge in [-0.05, 0) is 6.42 Å². The van der Waals surface area contributed by atoms with Crippen molar-refractivity contribution >= 4 is 34.1 Å². The zero-order valence-electron chi connectivity index (χ0n) is 5.00. The quantitative estimate of drug-likeness (QED) is 0.363. The molecule has 0 aromatic carbocycles. The van der Waals surface area contributed by atoms with Crippen molar-refractivity contribution in [2.75, 3.05) is 11.5 Å². The highest BCUT2D eigenvalue weighted by molar-refractivity contribution is 8.77. The van der Waals surface area contributed by atoms with Crippen LogP contribution in [0.1, 0.15) is 6.42 Å². The predicted molar refractivity (Wildman–Crippen MR) is 44.4 cm³/mol. The molecule has 0 spiro atoms. The van der Waals surface area contributed by atoms with E-state index >= 15 is 0 Å². The maximum absolute atomic E-state index is 8.93. The molecule has 4 heteroatoms. The second-order valence-electron chi connectivity index (χ2n) is 1.30. The summed E-state index contributed by atoms with van der Waals surface area (Å²) in [5.41, 5.74) is 0. The fourth-order valence-corrected chi connectivity index (χ4v) is 2.65. The third-order valence-electron chi connectivity index (χ3n) is 0.607. The Morgan fingerprint density at radius 3 is 1.89 bits per heavy atom. The van der Waals surface area contributed by atoms with Crippen molar-refractivity contribution in [2.45, 2.75) is 6.42 Å². The summed E-state index contributed by atoms with van der Waals surface area (Å²) in [6, 6.07) is 0. The minimum atomic E-state index is 0.417. The van der Waals surface area contributed by atoms with Crippen molar-refractivity contribution in [3.63, 3.8) is 0 Å². The van der Waals surface area contributed by atoms with Crippen LogP contribution in [0.15, 0.2) is 0 Å². The lowest BCUT2D eigenvalue weighted by molar-refractivity contribution is -0.102. The van der Waals surface area contributed by atoms with E-state index in [0.717, 1.165) is 0 Å². The molecule has 1 aliphatic heterocycles. The molecule has 0 unspecified atom stereocenters. The van der Waals surface area contributed by atoms with Gasteiger partial charge in [-0.1, -0.05) is 21.6 Å². The molecule has 0 aliphatic carbocycles. The molecule has 52 valence electrons. The highest BCUT2D eigenvalue weighted by Crippen LogP contribution is 2.29. The summed E-state index contributed by atoms with van der Waals surface area (Å²) in [5, 5.41) is 5.96. The number of aldehydes is 1. The molecule has 1 rings (SSSR count). The zero-order chi connectivity index (χ0) is 6.95. The third-order valence-corrected chi connectivity index (χ3v) is 3.18. The lowest BCUT2D eigenvalue weighted by Crippen LogP contribution is -1.63. The highest BCUT2D eigenvalue weighted by Gasteiger charge is 1.96. The first-order valence-corrected chi connectivity index (χ1v) is 5.09. The molecule has 1 aliphatic rings.